The lowest BCUT2D eigenvalue weighted by molar-refractivity contribution is -0.699. The Hall–Kier alpha value is -2.12. The van der Waals surface area contributed by atoms with E-state index >= 15 is 0 Å². The van der Waals surface area contributed by atoms with Crippen molar-refractivity contribution >= 4 is 77.8 Å². The lowest BCUT2D eigenvalue weighted by Crippen LogP contribution is -2.35. The maximum absolute atomic E-state index is 5.96. The molecule has 2 atom stereocenters. The highest BCUT2D eigenvalue weighted by molar-refractivity contribution is 9.09. The van der Waals surface area contributed by atoms with Gasteiger partial charge in [0.2, 0.25) is 9.90 Å². The molecule has 0 bridgehead atoms. The van der Waals surface area contributed by atoms with Crippen LogP contribution >= 0.6 is 55.1 Å². The summed E-state index contributed by atoms with van der Waals surface area (Å²) in [4.78, 5) is 0.531. The van der Waals surface area contributed by atoms with Crippen molar-refractivity contribution in [2.45, 2.75) is 35.6 Å². The second kappa shape index (κ2) is 13.4. The van der Waals surface area contributed by atoms with E-state index in [-0.39, 0.29) is 9.90 Å². The minimum atomic E-state index is 0.265. The number of nitrogens with zero attached hydrogens (tertiary/aromatic N) is 2. The van der Waals surface area contributed by atoms with Gasteiger partial charge in [0.25, 0.3) is 0 Å². The van der Waals surface area contributed by atoms with Crippen LogP contribution in [-0.4, -0.2) is 0 Å². The van der Waals surface area contributed by atoms with Gasteiger partial charge < -0.3 is 10.6 Å². The smallest absolute Gasteiger partial charge is 0.211 e. The molecule has 4 aromatic rings. The molecule has 0 saturated heterocycles. The van der Waals surface area contributed by atoms with Gasteiger partial charge in [-0.3, -0.25) is 0 Å². The fraction of sp³-hybridized carbons (Fsp3) is 0.214. The molecule has 2 aromatic heterocycles. The minimum absolute atomic E-state index is 0.265. The van der Waals surface area contributed by atoms with Crippen LogP contribution in [0.3, 0.4) is 0 Å². The highest BCUT2D eigenvalue weighted by Gasteiger charge is 2.17. The third-order valence-electron chi connectivity index (χ3n) is 5.75. The zero-order valence-electron chi connectivity index (χ0n) is 19.6. The summed E-state index contributed by atoms with van der Waals surface area (Å²) in [5, 5.41) is 8.25. The molecule has 0 fully saturated rings. The monoisotopic (exact) mass is 648 g/mol. The van der Waals surface area contributed by atoms with Crippen LogP contribution in [0.15, 0.2) is 97.6 Å². The normalized spacial score (nSPS) is 12.7. The van der Waals surface area contributed by atoms with E-state index in [1.807, 2.05) is 48.5 Å². The van der Waals surface area contributed by atoms with Crippen LogP contribution in [-0.2, 0) is 0 Å². The third kappa shape index (κ3) is 8.20. The maximum Gasteiger partial charge on any atom is 0.211 e. The molecule has 8 heteroatoms. The Morgan fingerprint density at radius 3 is 1.17 bits per heavy atom. The average Bonchev–Trinajstić information content (AvgIpc) is 2.90. The number of nitrogens with one attached hydrogen (secondary N) is 2. The van der Waals surface area contributed by atoms with Gasteiger partial charge >= 0.3 is 0 Å². The van der Waals surface area contributed by atoms with Crippen LogP contribution in [0.5, 0.6) is 0 Å². The minimum Gasteiger partial charge on any atom is -0.355 e. The summed E-state index contributed by atoms with van der Waals surface area (Å²) < 4.78 is 4.39. The highest BCUT2D eigenvalue weighted by Crippen LogP contribution is 2.23. The zero-order chi connectivity index (χ0) is 25.3. The van der Waals surface area contributed by atoms with Crippen LogP contribution in [0.2, 0.25) is 10.0 Å². The molecule has 0 saturated carbocycles. The van der Waals surface area contributed by atoms with Crippen molar-refractivity contribution in [2.24, 2.45) is 0 Å². The van der Waals surface area contributed by atoms with Crippen molar-refractivity contribution in [1.29, 1.82) is 0 Å². The molecule has 0 amide bonds. The summed E-state index contributed by atoms with van der Waals surface area (Å²) in [6.07, 6.45) is 12.8. The van der Waals surface area contributed by atoms with E-state index < -0.39 is 0 Å². The first kappa shape index (κ1) is 26.9. The Bertz CT molecular complexity index is 1120. The molecule has 186 valence electrons. The molecule has 2 aromatic carbocycles. The average molecular weight is 651 g/mol. The number of rotatable bonds is 11. The second-order valence-electron chi connectivity index (χ2n) is 8.49. The summed E-state index contributed by atoms with van der Waals surface area (Å²) in [5.74, 6) is 0. The molecule has 0 aliphatic rings. The Balaban J connectivity index is 1.18. The van der Waals surface area contributed by atoms with Gasteiger partial charge in [0.15, 0.2) is 24.8 Å². The van der Waals surface area contributed by atoms with E-state index in [0.717, 1.165) is 58.5 Å². The standard InChI is InChI=1S/C28H26Br2Cl2N4/c29-27(35-17-13-25(14-18-35)33-23-9-5-21(31)6-10-23)3-1-2-4-28(30)36-19-15-26(16-20-36)34-24-11-7-22(32)8-12-24/h5-20,27-28H,1-4H2/p+2. The Morgan fingerprint density at radius 1 is 0.528 bits per heavy atom. The summed E-state index contributed by atoms with van der Waals surface area (Å²) in [6.45, 7) is 0. The molecule has 4 rings (SSSR count). The molecule has 0 aliphatic heterocycles. The number of hydrogen-bond acceptors (Lipinski definition) is 2. The van der Waals surface area contributed by atoms with E-state index in [4.69, 9.17) is 23.2 Å². The van der Waals surface area contributed by atoms with Crippen molar-refractivity contribution in [1.82, 2.24) is 0 Å². The van der Waals surface area contributed by atoms with Crippen LogP contribution in [0.1, 0.15) is 35.6 Å². The number of aromatic nitrogens is 2. The van der Waals surface area contributed by atoms with E-state index in [1.165, 1.54) is 0 Å². The van der Waals surface area contributed by atoms with Gasteiger partial charge in [0, 0.05) is 58.5 Å². The van der Waals surface area contributed by atoms with Gasteiger partial charge in [-0.2, -0.15) is 9.13 Å². The summed E-state index contributed by atoms with van der Waals surface area (Å²) >= 11 is 19.6. The van der Waals surface area contributed by atoms with Gasteiger partial charge in [0.05, 0.1) is 11.4 Å². The van der Waals surface area contributed by atoms with Gasteiger partial charge in [-0.1, -0.05) is 23.2 Å². The Labute approximate surface area is 239 Å². The maximum atomic E-state index is 5.96. The summed E-state index contributed by atoms with van der Waals surface area (Å²) in [7, 11) is 0. The molecule has 2 N–H and O–H groups in total. The van der Waals surface area contributed by atoms with Crippen molar-refractivity contribution in [3.05, 3.63) is 108 Å². The summed E-state index contributed by atoms with van der Waals surface area (Å²) in [5.41, 5.74) is 4.12. The molecule has 4 nitrogen and oxygen atoms in total. The largest absolute Gasteiger partial charge is 0.355 e. The molecular formula is C28H28Br2Cl2N4+2. The highest BCUT2D eigenvalue weighted by atomic mass is 79.9. The topological polar surface area (TPSA) is 31.8 Å². The lowest BCUT2D eigenvalue weighted by atomic mass is 10.2. The van der Waals surface area contributed by atoms with E-state index in [9.17, 15) is 0 Å². The molecule has 36 heavy (non-hydrogen) atoms. The SMILES string of the molecule is Clc1ccc(Nc2cc[n+](C(Br)CCCCC(Br)[n+]3ccc(Nc4ccc(Cl)cc4)cc3)cc2)cc1. The Kier molecular flexibility index (Phi) is 10.0. The number of benzene rings is 2. The fourth-order valence-corrected chi connectivity index (χ4v) is 5.19. The van der Waals surface area contributed by atoms with Gasteiger partial charge in [-0.05, 0) is 93.2 Å². The van der Waals surface area contributed by atoms with Crippen molar-refractivity contribution in [3.63, 3.8) is 0 Å². The van der Waals surface area contributed by atoms with Gasteiger partial charge in [0.1, 0.15) is 0 Å². The van der Waals surface area contributed by atoms with Crippen molar-refractivity contribution in [3.8, 4) is 0 Å². The van der Waals surface area contributed by atoms with Gasteiger partial charge in [-0.15, -0.1) is 0 Å². The Morgan fingerprint density at radius 2 is 0.833 bits per heavy atom. The van der Waals surface area contributed by atoms with Crippen molar-refractivity contribution in [2.75, 3.05) is 10.6 Å². The second-order valence-corrected chi connectivity index (χ2v) is 11.5. The molecule has 0 radical (unpaired) electrons. The van der Waals surface area contributed by atoms with E-state index in [2.05, 4.69) is 101 Å². The van der Waals surface area contributed by atoms with Crippen LogP contribution in [0.4, 0.5) is 22.7 Å². The molecule has 2 heterocycles. The molecule has 0 spiro atoms. The number of alkyl halides is 2. The first-order valence-electron chi connectivity index (χ1n) is 11.8. The number of pyridine rings is 2. The summed E-state index contributed by atoms with van der Waals surface area (Å²) in [6, 6.07) is 23.7. The fourth-order valence-electron chi connectivity index (χ4n) is 3.74. The lowest BCUT2D eigenvalue weighted by Gasteiger charge is -2.10. The van der Waals surface area contributed by atoms with Crippen LogP contribution < -0.4 is 19.8 Å². The quantitative estimate of drug-likeness (QED) is 0.0964. The third-order valence-corrected chi connectivity index (χ3v) is 8.12. The predicted molar refractivity (Wildman–Crippen MR) is 157 cm³/mol. The predicted octanol–water partition coefficient (Wildman–Crippen LogP) is 9.10. The zero-order valence-corrected chi connectivity index (χ0v) is 24.3. The first-order chi connectivity index (χ1) is 17.5. The van der Waals surface area contributed by atoms with E-state index in [0.29, 0.717) is 0 Å². The number of anilines is 4. The van der Waals surface area contributed by atoms with Crippen molar-refractivity contribution < 1.29 is 9.13 Å². The number of hydrogen-bond donors (Lipinski definition) is 2. The number of halogens is 4. The van der Waals surface area contributed by atoms with Crippen LogP contribution in [0, 0.1) is 0 Å². The molecule has 2 unspecified atom stereocenters. The number of unbranched alkanes of at least 4 members (excludes halogenated alkanes) is 1. The van der Waals surface area contributed by atoms with E-state index in [1.54, 1.807) is 0 Å². The molecule has 0 aliphatic carbocycles. The van der Waals surface area contributed by atoms with Gasteiger partial charge in [-0.25, -0.2) is 0 Å². The van der Waals surface area contributed by atoms with Crippen LogP contribution in [0.25, 0.3) is 0 Å². The first-order valence-corrected chi connectivity index (χ1v) is 14.4. The molecular weight excluding hydrogens is 623 g/mol.